The first kappa shape index (κ1) is 16.2. The minimum Gasteiger partial charge on any atom is -0.336 e. The maximum Gasteiger partial charge on any atom is 0.277 e. The minimum absolute atomic E-state index is 0.109. The zero-order valence-electron chi connectivity index (χ0n) is 13.5. The molecule has 4 rings (SSSR count). The zero-order chi connectivity index (χ0) is 18.3. The molecule has 4 nitrogen and oxygen atoms in total. The highest BCUT2D eigenvalue weighted by Gasteiger charge is 2.19. The number of hydrogen-bond donors (Lipinski definition) is 2. The number of fused-ring (bicyclic) bond motifs is 3. The van der Waals surface area contributed by atoms with Crippen LogP contribution in [0.3, 0.4) is 0 Å². The molecule has 2 N–H and O–H groups in total. The summed E-state index contributed by atoms with van der Waals surface area (Å²) in [6.45, 7) is 0.109. The summed E-state index contributed by atoms with van der Waals surface area (Å²) in [6.07, 6.45) is 0. The quantitative estimate of drug-likeness (QED) is 0.428. The van der Waals surface area contributed by atoms with Crippen LogP contribution in [0.2, 0.25) is 0 Å². The molecular formula is C20H14F2N2O2. The molecule has 0 aliphatic rings. The van der Waals surface area contributed by atoms with Crippen molar-refractivity contribution in [2.24, 2.45) is 0 Å². The molecule has 3 aromatic carbocycles. The number of rotatable bonds is 3. The lowest BCUT2D eigenvalue weighted by Crippen LogP contribution is -2.21. The van der Waals surface area contributed by atoms with Gasteiger partial charge in [-0.05, 0) is 18.2 Å². The maximum atomic E-state index is 14.5. The van der Waals surface area contributed by atoms with E-state index in [9.17, 15) is 13.6 Å². The van der Waals surface area contributed by atoms with Crippen LogP contribution in [0.15, 0.2) is 60.7 Å². The van der Waals surface area contributed by atoms with E-state index in [0.717, 1.165) is 27.9 Å². The number of carbonyl (C=O) groups excluding carboxylic acids is 1. The van der Waals surface area contributed by atoms with Gasteiger partial charge >= 0.3 is 0 Å². The number of nitrogens with zero attached hydrogens (tertiary/aromatic N) is 1. The molecule has 0 radical (unpaired) electrons. The number of hydroxylamine groups is 1. The van der Waals surface area contributed by atoms with Crippen LogP contribution in [0.25, 0.3) is 21.8 Å². The molecule has 0 saturated carbocycles. The standard InChI is InChI=1S/C20H14F2N2O2/c21-18-12(9-10-15(19(18)22)20(25)23-26)11-24-16-7-3-1-5-13(16)14-6-2-4-8-17(14)24/h1-10,26H,11H2,(H,23,25). The third-order valence-electron chi connectivity index (χ3n) is 4.52. The molecule has 0 atom stereocenters. The number of hydrogen-bond acceptors (Lipinski definition) is 2. The van der Waals surface area contributed by atoms with Crippen LogP contribution in [0.5, 0.6) is 0 Å². The van der Waals surface area contributed by atoms with Gasteiger partial charge in [-0.1, -0.05) is 42.5 Å². The topological polar surface area (TPSA) is 54.3 Å². The van der Waals surface area contributed by atoms with E-state index >= 15 is 0 Å². The minimum atomic E-state index is -1.28. The Morgan fingerprint density at radius 1 is 0.885 bits per heavy atom. The first-order valence-electron chi connectivity index (χ1n) is 7.99. The van der Waals surface area contributed by atoms with Crippen molar-refractivity contribution >= 4 is 27.7 Å². The summed E-state index contributed by atoms with van der Waals surface area (Å²) < 4.78 is 30.6. The summed E-state index contributed by atoms with van der Waals surface area (Å²) in [6, 6.07) is 18.0. The van der Waals surface area contributed by atoms with Crippen LogP contribution in [0.1, 0.15) is 15.9 Å². The Morgan fingerprint density at radius 3 is 2.04 bits per heavy atom. The number of benzene rings is 3. The summed E-state index contributed by atoms with van der Waals surface area (Å²) in [5.74, 6) is -3.48. The van der Waals surface area contributed by atoms with E-state index in [0.29, 0.717) is 0 Å². The van der Waals surface area contributed by atoms with E-state index in [1.807, 2.05) is 53.1 Å². The number of aromatic nitrogens is 1. The number of nitrogens with one attached hydrogen (secondary N) is 1. The van der Waals surface area contributed by atoms with Crippen LogP contribution in [0, 0.1) is 11.6 Å². The Balaban J connectivity index is 1.88. The monoisotopic (exact) mass is 352 g/mol. The molecule has 0 saturated heterocycles. The molecule has 0 spiro atoms. The molecule has 26 heavy (non-hydrogen) atoms. The fourth-order valence-electron chi connectivity index (χ4n) is 3.29. The van der Waals surface area contributed by atoms with Gasteiger partial charge in [-0.2, -0.15) is 0 Å². The molecule has 130 valence electrons. The zero-order valence-corrected chi connectivity index (χ0v) is 13.5. The predicted octanol–water partition coefficient (Wildman–Crippen LogP) is 4.24. The van der Waals surface area contributed by atoms with Gasteiger partial charge in [-0.25, -0.2) is 14.3 Å². The van der Waals surface area contributed by atoms with Gasteiger partial charge < -0.3 is 4.57 Å². The SMILES string of the molecule is O=C(NO)c1ccc(Cn2c3ccccc3c3ccccc32)c(F)c1F. The van der Waals surface area contributed by atoms with Crippen LogP contribution in [-0.2, 0) is 6.54 Å². The second-order valence-electron chi connectivity index (χ2n) is 5.96. The molecule has 0 aliphatic heterocycles. The van der Waals surface area contributed by atoms with Gasteiger partial charge in [-0.15, -0.1) is 0 Å². The number of halogens is 2. The van der Waals surface area contributed by atoms with Crippen LogP contribution in [0.4, 0.5) is 8.78 Å². The molecule has 0 unspecified atom stereocenters. The predicted molar refractivity (Wildman–Crippen MR) is 94.2 cm³/mol. The van der Waals surface area contributed by atoms with Crippen molar-refractivity contribution in [1.29, 1.82) is 0 Å². The molecule has 1 heterocycles. The van der Waals surface area contributed by atoms with E-state index in [-0.39, 0.29) is 12.1 Å². The van der Waals surface area contributed by atoms with Gasteiger partial charge in [-0.3, -0.25) is 10.0 Å². The molecule has 0 aliphatic carbocycles. The molecular weight excluding hydrogens is 338 g/mol. The summed E-state index contributed by atoms with van der Waals surface area (Å²) >= 11 is 0. The normalized spacial score (nSPS) is 11.2. The van der Waals surface area contributed by atoms with E-state index in [4.69, 9.17) is 5.21 Å². The van der Waals surface area contributed by atoms with E-state index in [2.05, 4.69) is 0 Å². The third-order valence-corrected chi connectivity index (χ3v) is 4.52. The lowest BCUT2D eigenvalue weighted by Gasteiger charge is -2.11. The van der Waals surface area contributed by atoms with Crippen LogP contribution >= 0.6 is 0 Å². The largest absolute Gasteiger partial charge is 0.336 e. The van der Waals surface area contributed by atoms with Gasteiger partial charge in [0.15, 0.2) is 11.6 Å². The third kappa shape index (κ3) is 2.43. The van der Waals surface area contributed by atoms with Crippen molar-refractivity contribution in [3.05, 3.63) is 83.4 Å². The molecule has 4 aromatic rings. The van der Waals surface area contributed by atoms with Crippen molar-refractivity contribution in [1.82, 2.24) is 10.0 Å². The first-order chi connectivity index (χ1) is 12.6. The fourth-order valence-corrected chi connectivity index (χ4v) is 3.29. The summed E-state index contributed by atoms with van der Waals surface area (Å²) in [4.78, 5) is 11.4. The van der Waals surface area contributed by atoms with E-state index in [1.54, 1.807) is 0 Å². The number of para-hydroxylation sites is 2. The number of carbonyl (C=O) groups is 1. The Bertz CT molecular complexity index is 1100. The average Bonchev–Trinajstić information content (AvgIpc) is 2.99. The lowest BCUT2D eigenvalue weighted by atomic mass is 10.1. The van der Waals surface area contributed by atoms with Crippen molar-refractivity contribution < 1.29 is 18.8 Å². The first-order valence-corrected chi connectivity index (χ1v) is 7.99. The second-order valence-corrected chi connectivity index (χ2v) is 5.96. The second kappa shape index (κ2) is 6.24. The molecule has 1 aromatic heterocycles. The number of amides is 1. The molecule has 1 amide bonds. The average molecular weight is 352 g/mol. The van der Waals surface area contributed by atoms with Gasteiger partial charge in [0.05, 0.1) is 12.1 Å². The summed E-state index contributed by atoms with van der Waals surface area (Å²) in [5, 5.41) is 10.7. The van der Waals surface area contributed by atoms with Crippen LogP contribution in [-0.4, -0.2) is 15.7 Å². The molecule has 0 bridgehead atoms. The maximum absolute atomic E-state index is 14.5. The van der Waals surface area contributed by atoms with Gasteiger partial charge in [0.1, 0.15) is 0 Å². The fraction of sp³-hybridized carbons (Fsp3) is 0.0500. The highest BCUT2D eigenvalue weighted by Crippen LogP contribution is 2.30. The molecule has 6 heteroatoms. The Morgan fingerprint density at radius 2 is 1.46 bits per heavy atom. The highest BCUT2D eigenvalue weighted by atomic mass is 19.2. The Labute approximate surface area is 147 Å². The van der Waals surface area contributed by atoms with Gasteiger partial charge in [0.25, 0.3) is 5.91 Å². The van der Waals surface area contributed by atoms with Crippen molar-refractivity contribution in [3.8, 4) is 0 Å². The van der Waals surface area contributed by atoms with E-state index in [1.165, 1.54) is 11.5 Å². The van der Waals surface area contributed by atoms with Crippen molar-refractivity contribution in [3.63, 3.8) is 0 Å². The lowest BCUT2D eigenvalue weighted by molar-refractivity contribution is 0.0700. The van der Waals surface area contributed by atoms with Gasteiger partial charge in [0, 0.05) is 27.4 Å². The summed E-state index contributed by atoms with van der Waals surface area (Å²) in [5.41, 5.74) is 2.70. The van der Waals surface area contributed by atoms with Crippen LogP contribution < -0.4 is 5.48 Å². The smallest absolute Gasteiger partial charge is 0.277 e. The summed E-state index contributed by atoms with van der Waals surface area (Å²) in [7, 11) is 0. The highest BCUT2D eigenvalue weighted by molar-refractivity contribution is 6.08. The van der Waals surface area contributed by atoms with Crippen molar-refractivity contribution in [2.45, 2.75) is 6.54 Å². The van der Waals surface area contributed by atoms with Gasteiger partial charge in [0.2, 0.25) is 0 Å². The van der Waals surface area contributed by atoms with Crippen molar-refractivity contribution in [2.75, 3.05) is 0 Å². The Kier molecular flexibility index (Phi) is 3.89. The molecule has 0 fully saturated rings. The van der Waals surface area contributed by atoms with E-state index < -0.39 is 23.1 Å². The Hall–Kier alpha value is -3.25.